The van der Waals surface area contributed by atoms with E-state index in [4.69, 9.17) is 0 Å². The predicted octanol–water partition coefficient (Wildman–Crippen LogP) is 2.88. The summed E-state index contributed by atoms with van der Waals surface area (Å²) in [6.07, 6.45) is 3.64. The topological polar surface area (TPSA) is 17.1 Å². The fourth-order valence-corrected chi connectivity index (χ4v) is 1.54. The molecule has 1 unspecified atom stereocenters. The second-order valence-electron chi connectivity index (χ2n) is 3.95. The van der Waals surface area contributed by atoms with Crippen LogP contribution in [0.5, 0.6) is 0 Å². The Kier molecular flexibility index (Phi) is 2.22. The molecule has 66 valence electrons. The van der Waals surface area contributed by atoms with E-state index in [0.29, 0.717) is 6.42 Å². The molecule has 0 aromatic heterocycles. The van der Waals surface area contributed by atoms with Gasteiger partial charge in [0.25, 0.3) is 0 Å². The lowest BCUT2D eigenvalue weighted by atomic mass is 9.73. The van der Waals surface area contributed by atoms with Gasteiger partial charge >= 0.3 is 0 Å². The van der Waals surface area contributed by atoms with E-state index in [1.54, 1.807) is 0 Å². The van der Waals surface area contributed by atoms with E-state index in [9.17, 15) is 4.79 Å². The first-order valence-electron chi connectivity index (χ1n) is 4.34. The average Bonchev–Trinajstić information content (AvgIpc) is 1.97. The lowest BCUT2D eigenvalue weighted by molar-refractivity contribution is -0.116. The number of rotatable bonds is 1. The molecule has 0 aromatic rings. The van der Waals surface area contributed by atoms with Crippen LogP contribution in [0.2, 0.25) is 0 Å². The van der Waals surface area contributed by atoms with Crippen molar-refractivity contribution < 1.29 is 4.79 Å². The van der Waals surface area contributed by atoms with Crippen molar-refractivity contribution in [2.24, 2.45) is 5.41 Å². The van der Waals surface area contributed by atoms with Crippen molar-refractivity contribution in [1.82, 2.24) is 0 Å². The Labute approximate surface area is 74.2 Å². The normalized spacial score (nSPS) is 29.9. The summed E-state index contributed by atoms with van der Waals surface area (Å²) in [5.74, 6) is 0.286. The summed E-state index contributed by atoms with van der Waals surface area (Å²) in [6.45, 7) is 10.0. The Morgan fingerprint density at radius 1 is 1.67 bits per heavy atom. The molecule has 1 aliphatic carbocycles. The number of carbonyl (C=O) groups is 1. The van der Waals surface area contributed by atoms with Gasteiger partial charge in [0.2, 0.25) is 0 Å². The van der Waals surface area contributed by atoms with Crippen molar-refractivity contribution >= 4 is 5.78 Å². The Balaban J connectivity index is 2.99. The van der Waals surface area contributed by atoms with E-state index < -0.39 is 0 Å². The van der Waals surface area contributed by atoms with Crippen LogP contribution in [0.4, 0.5) is 0 Å². The van der Waals surface area contributed by atoms with Crippen LogP contribution in [0, 0.1) is 5.41 Å². The van der Waals surface area contributed by atoms with E-state index in [-0.39, 0.29) is 11.2 Å². The maximum absolute atomic E-state index is 11.2. The number of carbonyl (C=O) groups excluding carboxylic acids is 1. The monoisotopic (exact) mass is 164 g/mol. The summed E-state index contributed by atoms with van der Waals surface area (Å²) in [6, 6.07) is 0. The molecule has 0 heterocycles. The van der Waals surface area contributed by atoms with Gasteiger partial charge < -0.3 is 0 Å². The minimum atomic E-state index is 0.0536. The van der Waals surface area contributed by atoms with Gasteiger partial charge in [-0.3, -0.25) is 4.79 Å². The molecule has 0 radical (unpaired) electrons. The average molecular weight is 164 g/mol. The molecular weight excluding hydrogens is 148 g/mol. The number of allylic oxidation sites excluding steroid dienone is 3. The van der Waals surface area contributed by atoms with Gasteiger partial charge in [-0.2, -0.15) is 0 Å². The molecule has 0 aliphatic heterocycles. The Hall–Kier alpha value is -0.850. The first-order valence-corrected chi connectivity index (χ1v) is 4.34. The molecular formula is C11H16O. The van der Waals surface area contributed by atoms with Gasteiger partial charge in [0.05, 0.1) is 0 Å². The predicted molar refractivity (Wildman–Crippen MR) is 50.9 cm³/mol. The van der Waals surface area contributed by atoms with E-state index in [2.05, 4.69) is 19.6 Å². The number of hydrogen-bond donors (Lipinski definition) is 0. The quantitative estimate of drug-likeness (QED) is 0.545. The molecule has 0 saturated heterocycles. The Morgan fingerprint density at radius 2 is 2.25 bits per heavy atom. The van der Waals surface area contributed by atoms with Gasteiger partial charge in [-0.25, -0.2) is 0 Å². The summed E-state index contributed by atoms with van der Waals surface area (Å²) in [5, 5.41) is 0. The lowest BCUT2D eigenvalue weighted by Gasteiger charge is -2.30. The fraction of sp³-hybridized carbons (Fsp3) is 0.545. The first kappa shape index (κ1) is 9.24. The maximum atomic E-state index is 11.2. The van der Waals surface area contributed by atoms with Crippen molar-refractivity contribution in [1.29, 1.82) is 0 Å². The molecule has 0 saturated carbocycles. The standard InChI is InChI=1S/C11H16O/c1-8(2)11(4)6-5-10(12)9(3)7-11/h7H,1,5-6H2,2-4H3. The molecule has 0 aromatic carbocycles. The second-order valence-corrected chi connectivity index (χ2v) is 3.95. The van der Waals surface area contributed by atoms with Crippen LogP contribution in [-0.2, 0) is 4.79 Å². The van der Waals surface area contributed by atoms with E-state index in [1.165, 1.54) is 0 Å². The molecule has 0 amide bonds. The van der Waals surface area contributed by atoms with Gasteiger partial charge in [0.1, 0.15) is 0 Å². The maximum Gasteiger partial charge on any atom is 0.158 e. The Morgan fingerprint density at radius 3 is 2.67 bits per heavy atom. The highest BCUT2D eigenvalue weighted by molar-refractivity contribution is 5.95. The molecule has 12 heavy (non-hydrogen) atoms. The molecule has 0 N–H and O–H groups in total. The third-order valence-corrected chi connectivity index (χ3v) is 2.82. The zero-order chi connectivity index (χ0) is 9.35. The molecule has 0 spiro atoms. The minimum Gasteiger partial charge on any atom is -0.295 e. The van der Waals surface area contributed by atoms with Crippen LogP contribution >= 0.6 is 0 Å². The largest absolute Gasteiger partial charge is 0.295 e. The van der Waals surface area contributed by atoms with Crippen LogP contribution in [-0.4, -0.2) is 5.78 Å². The molecule has 1 atom stereocenters. The number of hydrogen-bond acceptors (Lipinski definition) is 1. The lowest BCUT2D eigenvalue weighted by Crippen LogP contribution is -2.22. The van der Waals surface area contributed by atoms with E-state index in [0.717, 1.165) is 17.6 Å². The SMILES string of the molecule is C=C(C)C1(C)C=C(C)C(=O)CC1. The van der Waals surface area contributed by atoms with E-state index >= 15 is 0 Å². The molecule has 1 aliphatic rings. The smallest absolute Gasteiger partial charge is 0.158 e. The summed E-state index contributed by atoms with van der Waals surface area (Å²) >= 11 is 0. The summed E-state index contributed by atoms with van der Waals surface area (Å²) in [4.78, 5) is 11.2. The van der Waals surface area contributed by atoms with E-state index in [1.807, 2.05) is 13.8 Å². The van der Waals surface area contributed by atoms with Crippen molar-refractivity contribution in [2.45, 2.75) is 33.6 Å². The van der Waals surface area contributed by atoms with Crippen molar-refractivity contribution in [3.05, 3.63) is 23.8 Å². The molecule has 1 nitrogen and oxygen atoms in total. The fourth-order valence-electron chi connectivity index (χ4n) is 1.54. The number of ketones is 1. The van der Waals surface area contributed by atoms with Crippen LogP contribution in [0.15, 0.2) is 23.8 Å². The first-order chi connectivity index (χ1) is 5.46. The van der Waals surface area contributed by atoms with Gasteiger partial charge in [-0.15, -0.1) is 0 Å². The van der Waals surface area contributed by atoms with Crippen LogP contribution in [0.3, 0.4) is 0 Å². The zero-order valence-corrected chi connectivity index (χ0v) is 8.11. The van der Waals surface area contributed by atoms with Crippen LogP contribution in [0.1, 0.15) is 33.6 Å². The third kappa shape index (κ3) is 1.50. The van der Waals surface area contributed by atoms with Crippen LogP contribution in [0.25, 0.3) is 0 Å². The van der Waals surface area contributed by atoms with Crippen molar-refractivity contribution in [2.75, 3.05) is 0 Å². The summed E-state index contributed by atoms with van der Waals surface area (Å²) in [7, 11) is 0. The summed E-state index contributed by atoms with van der Waals surface area (Å²) in [5.41, 5.74) is 2.10. The molecule has 1 heteroatoms. The molecule has 0 fully saturated rings. The summed E-state index contributed by atoms with van der Waals surface area (Å²) < 4.78 is 0. The zero-order valence-electron chi connectivity index (χ0n) is 8.11. The number of Topliss-reactive ketones (excluding diaryl/α,β-unsaturated/α-hetero) is 1. The highest BCUT2D eigenvalue weighted by atomic mass is 16.1. The second kappa shape index (κ2) is 2.89. The minimum absolute atomic E-state index is 0.0536. The highest BCUT2D eigenvalue weighted by Gasteiger charge is 2.28. The molecule has 1 rings (SSSR count). The molecule has 0 bridgehead atoms. The highest BCUT2D eigenvalue weighted by Crippen LogP contribution is 2.37. The van der Waals surface area contributed by atoms with Crippen LogP contribution < -0.4 is 0 Å². The van der Waals surface area contributed by atoms with Gasteiger partial charge in [0.15, 0.2) is 5.78 Å². The van der Waals surface area contributed by atoms with Gasteiger partial charge in [-0.05, 0) is 25.8 Å². The van der Waals surface area contributed by atoms with Crippen molar-refractivity contribution in [3.8, 4) is 0 Å². The van der Waals surface area contributed by atoms with Gasteiger partial charge in [-0.1, -0.05) is 25.2 Å². The Bertz CT molecular complexity index is 260. The van der Waals surface area contributed by atoms with Gasteiger partial charge in [0, 0.05) is 11.8 Å². The third-order valence-electron chi connectivity index (χ3n) is 2.82. The van der Waals surface area contributed by atoms with Crippen molar-refractivity contribution in [3.63, 3.8) is 0 Å².